The molecule has 10 nitrogen and oxygen atoms in total. The summed E-state index contributed by atoms with van der Waals surface area (Å²) in [7, 11) is 1.92. The molecule has 3 aliphatic heterocycles. The molecule has 0 saturated carbocycles. The highest BCUT2D eigenvalue weighted by Crippen LogP contribution is 2.35. The van der Waals surface area contributed by atoms with Crippen LogP contribution < -0.4 is 10.2 Å². The molecule has 2 N–H and O–H groups in total. The van der Waals surface area contributed by atoms with Crippen molar-refractivity contribution in [2.75, 3.05) is 50.7 Å². The van der Waals surface area contributed by atoms with E-state index in [4.69, 9.17) is 5.10 Å². The summed E-state index contributed by atoms with van der Waals surface area (Å²) in [6, 6.07) is 6.17. The highest BCUT2D eigenvalue weighted by atomic mass is 16.4. The van der Waals surface area contributed by atoms with E-state index < -0.39 is 12.0 Å². The Kier molecular flexibility index (Phi) is 6.39. The fraction of sp³-hybridized carbons (Fsp3) is 0.600. The van der Waals surface area contributed by atoms with Gasteiger partial charge in [-0.05, 0) is 30.7 Å². The summed E-state index contributed by atoms with van der Waals surface area (Å²) < 4.78 is 1.87. The molecular weight excluding hydrogens is 448 g/mol. The molecule has 188 valence electrons. The monoisotopic (exact) mass is 482 g/mol. The summed E-state index contributed by atoms with van der Waals surface area (Å²) in [5, 5.41) is 17.4. The van der Waals surface area contributed by atoms with Crippen LogP contribution in [0.4, 0.5) is 10.5 Å². The largest absolute Gasteiger partial charge is 0.465 e. The molecule has 1 unspecified atom stereocenters. The van der Waals surface area contributed by atoms with E-state index in [0.717, 1.165) is 61.4 Å². The van der Waals surface area contributed by atoms with Crippen molar-refractivity contribution >= 4 is 34.5 Å². The molecule has 3 aliphatic rings. The number of rotatable bonds is 4. The Bertz CT molecular complexity index is 1140. The number of likely N-dealkylation sites (tertiary alicyclic amines) is 1. The van der Waals surface area contributed by atoms with Crippen molar-refractivity contribution in [3.8, 4) is 0 Å². The van der Waals surface area contributed by atoms with E-state index in [2.05, 4.69) is 28.1 Å². The number of aromatic nitrogens is 2. The lowest BCUT2D eigenvalue weighted by atomic mass is 9.86. The van der Waals surface area contributed by atoms with Gasteiger partial charge >= 0.3 is 6.09 Å². The van der Waals surface area contributed by atoms with E-state index >= 15 is 0 Å². The molecule has 3 atom stereocenters. The highest BCUT2D eigenvalue weighted by Gasteiger charge is 2.33. The number of piperazine rings is 1. The predicted molar refractivity (Wildman–Crippen MR) is 131 cm³/mol. The fourth-order valence-electron chi connectivity index (χ4n) is 5.95. The highest BCUT2D eigenvalue weighted by molar-refractivity contribution is 6.03. The van der Waals surface area contributed by atoms with Gasteiger partial charge in [0.05, 0.1) is 22.8 Å². The van der Waals surface area contributed by atoms with Gasteiger partial charge in [-0.25, -0.2) is 4.79 Å². The molecule has 10 heteroatoms. The quantitative estimate of drug-likeness (QED) is 0.640. The third-order valence-electron chi connectivity index (χ3n) is 8.00. The van der Waals surface area contributed by atoms with Crippen LogP contribution in [0.2, 0.25) is 0 Å². The number of carboxylic acid groups (broad SMARTS) is 1. The van der Waals surface area contributed by atoms with Crippen molar-refractivity contribution in [1.82, 2.24) is 24.9 Å². The number of fused-ring (bicyclic) bond motifs is 1. The number of para-hydroxylation sites is 1. The van der Waals surface area contributed by atoms with Crippen molar-refractivity contribution in [3.05, 3.63) is 23.9 Å². The predicted octanol–water partition coefficient (Wildman–Crippen LogP) is 1.85. The molecule has 4 heterocycles. The van der Waals surface area contributed by atoms with Crippen LogP contribution >= 0.6 is 0 Å². The van der Waals surface area contributed by atoms with Gasteiger partial charge in [0, 0.05) is 64.7 Å². The third kappa shape index (κ3) is 4.59. The molecule has 0 spiro atoms. The van der Waals surface area contributed by atoms with E-state index in [9.17, 15) is 19.5 Å². The van der Waals surface area contributed by atoms with Crippen LogP contribution in [0, 0.1) is 11.8 Å². The van der Waals surface area contributed by atoms with Crippen molar-refractivity contribution in [3.63, 3.8) is 0 Å². The van der Waals surface area contributed by atoms with Crippen LogP contribution in [0.25, 0.3) is 10.9 Å². The Morgan fingerprint density at radius 3 is 2.60 bits per heavy atom. The van der Waals surface area contributed by atoms with Crippen LogP contribution in [-0.4, -0.2) is 88.4 Å². The molecule has 2 aromatic rings. The maximum Gasteiger partial charge on any atom is 0.407 e. The number of benzene rings is 1. The van der Waals surface area contributed by atoms with Crippen molar-refractivity contribution < 1.29 is 19.5 Å². The SMILES string of the molecule is C[C@@H]1CN(C(=O)O)CC[C@@H]1CN1CCN(c2cccc3c(C4CCC(=O)NC4=O)nn(C)c23)CC1. The van der Waals surface area contributed by atoms with Gasteiger partial charge in [-0.15, -0.1) is 0 Å². The van der Waals surface area contributed by atoms with Crippen LogP contribution in [0.5, 0.6) is 0 Å². The van der Waals surface area contributed by atoms with Crippen LogP contribution in [-0.2, 0) is 16.6 Å². The number of hydrogen-bond acceptors (Lipinski definition) is 6. The Balaban J connectivity index is 1.27. The lowest BCUT2D eigenvalue weighted by Gasteiger charge is -2.41. The third-order valence-corrected chi connectivity index (χ3v) is 8.00. The van der Waals surface area contributed by atoms with Gasteiger partial charge in [0.15, 0.2) is 0 Å². The van der Waals surface area contributed by atoms with Gasteiger partial charge in [-0.2, -0.15) is 5.10 Å². The van der Waals surface area contributed by atoms with Gasteiger partial charge in [-0.3, -0.25) is 24.5 Å². The molecule has 35 heavy (non-hydrogen) atoms. The average molecular weight is 483 g/mol. The molecule has 5 rings (SSSR count). The number of piperidine rings is 2. The second-order valence-electron chi connectivity index (χ2n) is 10.2. The molecule has 1 aromatic heterocycles. The Labute approximate surface area is 204 Å². The maximum atomic E-state index is 12.5. The zero-order valence-electron chi connectivity index (χ0n) is 20.4. The first-order valence-corrected chi connectivity index (χ1v) is 12.6. The van der Waals surface area contributed by atoms with Crippen molar-refractivity contribution in [1.29, 1.82) is 0 Å². The maximum absolute atomic E-state index is 12.5. The van der Waals surface area contributed by atoms with E-state index in [-0.39, 0.29) is 11.8 Å². The second-order valence-corrected chi connectivity index (χ2v) is 10.2. The summed E-state index contributed by atoms with van der Waals surface area (Å²) in [5.74, 6) is 0.00843. The van der Waals surface area contributed by atoms with Gasteiger partial charge in [0.1, 0.15) is 0 Å². The molecule has 3 amide bonds. The molecule has 0 aliphatic carbocycles. The number of nitrogens with one attached hydrogen (secondary N) is 1. The molecule has 0 bridgehead atoms. The van der Waals surface area contributed by atoms with Crippen LogP contribution in [0.1, 0.15) is 37.8 Å². The molecule has 0 radical (unpaired) electrons. The summed E-state index contributed by atoms with van der Waals surface area (Å²) in [6.07, 6.45) is 0.938. The number of nitrogens with zero attached hydrogens (tertiary/aromatic N) is 5. The van der Waals surface area contributed by atoms with Gasteiger partial charge in [0.2, 0.25) is 11.8 Å². The number of imide groups is 1. The number of amides is 3. The minimum absolute atomic E-state index is 0.216. The van der Waals surface area contributed by atoms with E-state index in [1.54, 1.807) is 0 Å². The Morgan fingerprint density at radius 2 is 1.91 bits per heavy atom. The Hall–Kier alpha value is -3.14. The number of anilines is 1. The molecule has 3 saturated heterocycles. The normalized spacial score (nSPS) is 26.3. The van der Waals surface area contributed by atoms with Crippen molar-refractivity contribution in [2.24, 2.45) is 18.9 Å². The molecular formula is C25H34N6O4. The number of hydrogen-bond donors (Lipinski definition) is 2. The molecule has 3 fully saturated rings. The first-order valence-electron chi connectivity index (χ1n) is 12.6. The Morgan fingerprint density at radius 1 is 1.14 bits per heavy atom. The van der Waals surface area contributed by atoms with E-state index in [1.165, 1.54) is 4.90 Å². The first-order chi connectivity index (χ1) is 16.8. The van der Waals surface area contributed by atoms with Crippen molar-refractivity contribution in [2.45, 2.75) is 32.1 Å². The number of carbonyl (C=O) groups excluding carboxylic acids is 2. The minimum Gasteiger partial charge on any atom is -0.465 e. The summed E-state index contributed by atoms with van der Waals surface area (Å²) in [4.78, 5) is 41.8. The molecule has 1 aromatic carbocycles. The van der Waals surface area contributed by atoms with Crippen LogP contribution in [0.3, 0.4) is 0 Å². The zero-order chi connectivity index (χ0) is 24.7. The second kappa shape index (κ2) is 9.49. The van der Waals surface area contributed by atoms with E-state index in [0.29, 0.717) is 37.8 Å². The average Bonchev–Trinajstić information content (AvgIpc) is 3.17. The number of carbonyl (C=O) groups is 3. The summed E-state index contributed by atoms with van der Waals surface area (Å²) >= 11 is 0. The smallest absolute Gasteiger partial charge is 0.407 e. The van der Waals surface area contributed by atoms with E-state index in [1.807, 2.05) is 23.9 Å². The lowest BCUT2D eigenvalue weighted by molar-refractivity contribution is -0.134. The van der Waals surface area contributed by atoms with Gasteiger partial charge in [-0.1, -0.05) is 19.1 Å². The minimum atomic E-state index is -0.811. The topological polar surface area (TPSA) is 111 Å². The first kappa shape index (κ1) is 23.6. The summed E-state index contributed by atoms with van der Waals surface area (Å²) in [5.41, 5.74) is 2.89. The zero-order valence-corrected chi connectivity index (χ0v) is 20.4. The van der Waals surface area contributed by atoms with Gasteiger partial charge in [0.25, 0.3) is 0 Å². The fourth-order valence-corrected chi connectivity index (χ4v) is 5.95. The summed E-state index contributed by atoms with van der Waals surface area (Å²) in [6.45, 7) is 8.15. The van der Waals surface area contributed by atoms with Crippen LogP contribution in [0.15, 0.2) is 18.2 Å². The lowest BCUT2D eigenvalue weighted by Crippen LogP contribution is -2.51. The standard InChI is InChI=1S/C25H34N6O4/c1-16-14-31(25(34)35)9-8-17(16)15-29-10-12-30(13-11-29)20-5-3-4-18-22(27-28(2)23(18)20)19-6-7-21(32)26-24(19)33/h3-5,16-17,19H,6-15H2,1-2H3,(H,34,35)(H,26,32,33)/t16-,17-,19?/m1/s1. The number of aryl methyl sites for hydroxylation is 1. The van der Waals surface area contributed by atoms with Gasteiger partial charge < -0.3 is 14.9 Å².